The first-order chi connectivity index (χ1) is 7.70. The van der Waals surface area contributed by atoms with E-state index in [1.807, 2.05) is 11.8 Å². The number of hydrazine groups is 1. The van der Waals surface area contributed by atoms with Crippen molar-refractivity contribution in [3.8, 4) is 0 Å². The van der Waals surface area contributed by atoms with Crippen molar-refractivity contribution < 1.29 is 0 Å². The maximum atomic E-state index is 5.36. The fourth-order valence-corrected chi connectivity index (χ4v) is 1.80. The molecule has 5 heteroatoms. The molecule has 4 nitrogen and oxygen atoms in total. The molecule has 0 saturated carbocycles. The molecule has 0 saturated heterocycles. The van der Waals surface area contributed by atoms with E-state index in [1.54, 1.807) is 0 Å². The molecule has 16 heavy (non-hydrogen) atoms. The first-order valence-corrected chi connectivity index (χ1v) is 7.36. The summed E-state index contributed by atoms with van der Waals surface area (Å²) < 4.78 is 0. The number of nitrogens with one attached hydrogen (secondary N) is 2. The molecule has 0 spiro atoms. The Morgan fingerprint density at radius 1 is 1.25 bits per heavy atom. The normalized spacial score (nSPS) is 11.9. The van der Waals surface area contributed by atoms with Crippen LogP contribution < -0.4 is 16.6 Å². The van der Waals surface area contributed by atoms with E-state index in [1.165, 1.54) is 25.0 Å². The van der Waals surface area contributed by atoms with E-state index in [2.05, 4.69) is 35.8 Å². The highest BCUT2D eigenvalue weighted by molar-refractivity contribution is 7.98. The number of rotatable bonds is 8. The molecule has 0 aromatic rings. The van der Waals surface area contributed by atoms with Gasteiger partial charge in [0, 0.05) is 12.6 Å². The highest BCUT2D eigenvalue weighted by Gasteiger charge is 1.97. The second kappa shape index (κ2) is 11.1. The van der Waals surface area contributed by atoms with E-state index in [9.17, 15) is 0 Å². The van der Waals surface area contributed by atoms with Gasteiger partial charge in [0.1, 0.15) is 0 Å². The molecule has 0 rings (SSSR count). The predicted octanol–water partition coefficient (Wildman–Crippen LogP) is 1.73. The molecule has 0 aromatic heterocycles. The van der Waals surface area contributed by atoms with Crippen molar-refractivity contribution in [1.82, 2.24) is 10.7 Å². The molecule has 0 radical (unpaired) electrons. The van der Waals surface area contributed by atoms with E-state index in [4.69, 9.17) is 5.84 Å². The number of thioether (sulfide) groups is 1. The van der Waals surface area contributed by atoms with Crippen LogP contribution in [0.4, 0.5) is 0 Å². The van der Waals surface area contributed by atoms with Crippen LogP contribution in [-0.4, -0.2) is 30.6 Å². The van der Waals surface area contributed by atoms with Gasteiger partial charge in [0.25, 0.3) is 0 Å². The molecule has 0 aliphatic carbocycles. The average molecular weight is 246 g/mol. The van der Waals surface area contributed by atoms with Crippen molar-refractivity contribution in [3.63, 3.8) is 0 Å². The summed E-state index contributed by atoms with van der Waals surface area (Å²) in [5.74, 6) is 7.32. The zero-order valence-corrected chi connectivity index (χ0v) is 11.6. The smallest absolute Gasteiger partial charge is 0.205 e. The zero-order valence-electron chi connectivity index (χ0n) is 10.8. The highest BCUT2D eigenvalue weighted by Crippen LogP contribution is 2.04. The van der Waals surface area contributed by atoms with Gasteiger partial charge in [-0.15, -0.1) is 0 Å². The first-order valence-electron chi connectivity index (χ1n) is 5.97. The first kappa shape index (κ1) is 15.6. The summed E-state index contributed by atoms with van der Waals surface area (Å²) in [5, 5.41) is 3.15. The minimum atomic E-state index is 0.358. The van der Waals surface area contributed by atoms with E-state index >= 15 is 0 Å². The lowest BCUT2D eigenvalue weighted by Gasteiger charge is -2.11. The third kappa shape index (κ3) is 10.1. The number of aliphatic imine (C=N–C) groups is 1. The van der Waals surface area contributed by atoms with E-state index in [0.717, 1.165) is 13.0 Å². The summed E-state index contributed by atoms with van der Waals surface area (Å²) >= 11 is 1.92. The number of nitrogens with two attached hydrogens (primary N) is 1. The fraction of sp³-hybridized carbons (Fsp3) is 0.909. The molecule has 0 aliphatic heterocycles. The Balaban J connectivity index is 3.48. The van der Waals surface area contributed by atoms with E-state index in [0.29, 0.717) is 12.0 Å². The molecule has 0 bridgehead atoms. The standard InChI is InChI=1S/C11H26N4S/c1-10(2)14-11(15-12)13-8-6-4-5-7-9-16-3/h10H,4-9,12H2,1-3H3,(H2,13,14,15). The Morgan fingerprint density at radius 3 is 2.50 bits per heavy atom. The summed E-state index contributed by atoms with van der Waals surface area (Å²) in [6.45, 7) is 4.98. The lowest BCUT2D eigenvalue weighted by Crippen LogP contribution is -2.44. The Kier molecular flexibility index (Phi) is 10.8. The monoisotopic (exact) mass is 246 g/mol. The van der Waals surface area contributed by atoms with Crippen LogP contribution in [0.5, 0.6) is 0 Å². The Morgan fingerprint density at radius 2 is 1.94 bits per heavy atom. The topological polar surface area (TPSA) is 62.4 Å². The maximum Gasteiger partial charge on any atom is 0.205 e. The summed E-state index contributed by atoms with van der Waals surface area (Å²) in [6, 6.07) is 0.358. The van der Waals surface area contributed by atoms with E-state index in [-0.39, 0.29) is 0 Å². The molecule has 0 fully saturated rings. The van der Waals surface area contributed by atoms with Crippen LogP contribution in [0.3, 0.4) is 0 Å². The van der Waals surface area contributed by atoms with Gasteiger partial charge in [-0.3, -0.25) is 10.4 Å². The Bertz CT molecular complexity index is 183. The number of hydrogen-bond acceptors (Lipinski definition) is 3. The van der Waals surface area contributed by atoms with Crippen molar-refractivity contribution in [2.24, 2.45) is 10.8 Å². The quantitative estimate of drug-likeness (QED) is 0.201. The maximum absolute atomic E-state index is 5.36. The lowest BCUT2D eigenvalue weighted by molar-refractivity contribution is 0.665. The molecule has 0 aromatic carbocycles. The molecule has 0 heterocycles. The van der Waals surface area contributed by atoms with Crippen LogP contribution in [0, 0.1) is 0 Å². The summed E-state index contributed by atoms with van der Waals surface area (Å²) in [5.41, 5.74) is 2.58. The molecule has 96 valence electrons. The lowest BCUT2D eigenvalue weighted by atomic mass is 10.2. The predicted molar refractivity (Wildman–Crippen MR) is 74.7 cm³/mol. The van der Waals surface area contributed by atoms with Gasteiger partial charge in [0.2, 0.25) is 5.96 Å². The molecule has 0 unspecified atom stereocenters. The molecular formula is C11H26N4S. The Hall–Kier alpha value is -0.420. The minimum Gasteiger partial charge on any atom is -0.353 e. The average Bonchev–Trinajstić information content (AvgIpc) is 2.25. The second-order valence-corrected chi connectivity index (χ2v) is 5.07. The number of guanidine groups is 1. The highest BCUT2D eigenvalue weighted by atomic mass is 32.2. The number of unbranched alkanes of at least 4 members (excludes halogenated alkanes) is 3. The fourth-order valence-electron chi connectivity index (χ4n) is 1.31. The van der Waals surface area contributed by atoms with Gasteiger partial charge < -0.3 is 5.32 Å². The van der Waals surface area contributed by atoms with Crippen molar-refractivity contribution in [2.45, 2.75) is 45.6 Å². The molecule has 0 atom stereocenters. The second-order valence-electron chi connectivity index (χ2n) is 4.08. The molecule has 4 N–H and O–H groups in total. The SMILES string of the molecule is CSCCCCCCN=C(NN)NC(C)C. The summed E-state index contributed by atoms with van der Waals surface area (Å²) in [6.07, 6.45) is 7.17. The van der Waals surface area contributed by atoms with Crippen molar-refractivity contribution in [2.75, 3.05) is 18.6 Å². The van der Waals surface area contributed by atoms with Crippen LogP contribution in [-0.2, 0) is 0 Å². The van der Waals surface area contributed by atoms with Gasteiger partial charge in [0.05, 0.1) is 0 Å². The van der Waals surface area contributed by atoms with Gasteiger partial charge in [-0.1, -0.05) is 12.8 Å². The summed E-state index contributed by atoms with van der Waals surface area (Å²) in [7, 11) is 0. The van der Waals surface area contributed by atoms with Gasteiger partial charge in [-0.2, -0.15) is 11.8 Å². The van der Waals surface area contributed by atoms with Gasteiger partial charge >= 0.3 is 0 Å². The third-order valence-electron chi connectivity index (χ3n) is 2.09. The number of hydrogen-bond donors (Lipinski definition) is 3. The molecular weight excluding hydrogens is 220 g/mol. The van der Waals surface area contributed by atoms with Crippen LogP contribution in [0.25, 0.3) is 0 Å². The number of nitrogens with zero attached hydrogens (tertiary/aromatic N) is 1. The summed E-state index contributed by atoms with van der Waals surface area (Å²) in [4.78, 5) is 4.36. The Labute approximate surface area is 104 Å². The van der Waals surface area contributed by atoms with Crippen LogP contribution >= 0.6 is 11.8 Å². The van der Waals surface area contributed by atoms with Crippen LogP contribution in [0.1, 0.15) is 39.5 Å². The van der Waals surface area contributed by atoms with E-state index < -0.39 is 0 Å². The molecule has 0 amide bonds. The van der Waals surface area contributed by atoms with Crippen LogP contribution in [0.2, 0.25) is 0 Å². The van der Waals surface area contributed by atoms with Gasteiger partial charge in [-0.05, 0) is 38.7 Å². The largest absolute Gasteiger partial charge is 0.353 e. The van der Waals surface area contributed by atoms with Crippen LogP contribution in [0.15, 0.2) is 4.99 Å². The zero-order chi connectivity index (χ0) is 12.2. The van der Waals surface area contributed by atoms with Gasteiger partial charge in [0.15, 0.2) is 0 Å². The third-order valence-corrected chi connectivity index (χ3v) is 2.79. The van der Waals surface area contributed by atoms with Crippen molar-refractivity contribution in [3.05, 3.63) is 0 Å². The van der Waals surface area contributed by atoms with Gasteiger partial charge in [-0.25, -0.2) is 5.84 Å². The van der Waals surface area contributed by atoms with Crippen molar-refractivity contribution >= 4 is 17.7 Å². The van der Waals surface area contributed by atoms with Crippen molar-refractivity contribution in [1.29, 1.82) is 0 Å². The molecule has 0 aliphatic rings. The minimum absolute atomic E-state index is 0.358.